The summed E-state index contributed by atoms with van der Waals surface area (Å²) in [5, 5.41) is 1.61. The first-order chi connectivity index (χ1) is 15.6. The third kappa shape index (κ3) is 3.05. The fourth-order valence-corrected chi connectivity index (χ4v) is 5.76. The van der Waals surface area contributed by atoms with Crippen LogP contribution in [0.3, 0.4) is 0 Å². The van der Waals surface area contributed by atoms with Crippen LogP contribution in [0.4, 0.5) is 0 Å². The minimum absolute atomic E-state index is 0.0134. The first-order valence-corrected chi connectivity index (χ1v) is 12.0. The molecule has 1 unspecified atom stereocenters. The lowest BCUT2D eigenvalue weighted by molar-refractivity contribution is 0.0586. The second kappa shape index (κ2) is 8.26. The summed E-state index contributed by atoms with van der Waals surface area (Å²) in [6, 6.07) is 13.5. The summed E-state index contributed by atoms with van der Waals surface area (Å²) in [5.41, 5.74) is 3.54. The molecule has 1 fully saturated rings. The van der Waals surface area contributed by atoms with E-state index in [-0.39, 0.29) is 5.91 Å². The van der Waals surface area contributed by atoms with Gasteiger partial charge >= 0.3 is 0 Å². The molecule has 7 heteroatoms. The molecule has 0 saturated carbocycles. The first kappa shape index (κ1) is 21.0. The molecular weight excluding hydrogens is 440 g/mol. The van der Waals surface area contributed by atoms with Crippen LogP contribution in [0.15, 0.2) is 72.7 Å². The van der Waals surface area contributed by atoms with Crippen molar-refractivity contribution in [3.8, 4) is 0 Å². The van der Waals surface area contributed by atoms with Gasteiger partial charge in [0.05, 0.1) is 5.56 Å². The van der Waals surface area contributed by atoms with Crippen LogP contribution in [0.25, 0.3) is 5.70 Å². The summed E-state index contributed by atoms with van der Waals surface area (Å²) in [5.74, 6) is 0.996. The summed E-state index contributed by atoms with van der Waals surface area (Å²) in [7, 11) is 0. The smallest absolute Gasteiger partial charge is 0.256 e. The molecule has 2 aromatic heterocycles. The van der Waals surface area contributed by atoms with E-state index in [0.29, 0.717) is 23.7 Å². The van der Waals surface area contributed by atoms with Crippen LogP contribution in [0.2, 0.25) is 5.02 Å². The monoisotopic (exact) mass is 462 g/mol. The van der Waals surface area contributed by atoms with Crippen LogP contribution >= 0.6 is 23.4 Å². The van der Waals surface area contributed by atoms with E-state index in [1.165, 1.54) is 0 Å². The molecule has 0 spiro atoms. The average molecular weight is 463 g/mol. The van der Waals surface area contributed by atoms with Crippen LogP contribution in [-0.2, 0) is 5.66 Å². The Morgan fingerprint density at radius 1 is 1.19 bits per heavy atom. The Kier molecular flexibility index (Phi) is 5.43. The Hall–Kier alpha value is -2.83. The zero-order chi connectivity index (χ0) is 22.3. The lowest BCUT2D eigenvalue weighted by atomic mass is 9.90. The molecule has 0 N–H and O–H groups in total. The Morgan fingerprint density at radius 2 is 2.00 bits per heavy atom. The molecule has 2 aliphatic heterocycles. The number of pyridine rings is 2. The number of aromatic nitrogens is 2. The number of carbonyl (C=O) groups excluding carboxylic acids is 1. The van der Waals surface area contributed by atoms with E-state index in [9.17, 15) is 4.79 Å². The molecule has 2 aliphatic rings. The van der Waals surface area contributed by atoms with Crippen LogP contribution in [0, 0.1) is 0 Å². The Morgan fingerprint density at radius 3 is 2.78 bits per heavy atom. The molecule has 1 atom stereocenters. The van der Waals surface area contributed by atoms with Gasteiger partial charge in [0.2, 0.25) is 0 Å². The van der Waals surface area contributed by atoms with Gasteiger partial charge in [0.1, 0.15) is 5.03 Å². The van der Waals surface area contributed by atoms with Crippen molar-refractivity contribution in [3.63, 3.8) is 0 Å². The van der Waals surface area contributed by atoms with Crippen molar-refractivity contribution < 1.29 is 4.79 Å². The van der Waals surface area contributed by atoms with E-state index in [0.717, 1.165) is 39.6 Å². The van der Waals surface area contributed by atoms with Gasteiger partial charge in [-0.3, -0.25) is 9.78 Å². The van der Waals surface area contributed by atoms with Gasteiger partial charge in [0, 0.05) is 59.1 Å². The third-order valence-electron chi connectivity index (χ3n) is 6.10. The van der Waals surface area contributed by atoms with Crippen LogP contribution in [0.1, 0.15) is 40.4 Å². The standard InChI is InChI=1S/C25H23ClN4OS/c1-3-15-32-23-20(5-4-11-28-23)17(2)29-13-14-30-24(31)21-10-12-27-16-22(21)25(29,30)18-6-8-19(26)9-7-18/h4-12,16H,2-3,13-15H2,1H3. The summed E-state index contributed by atoms with van der Waals surface area (Å²) in [6.07, 6.45) is 6.36. The maximum Gasteiger partial charge on any atom is 0.256 e. The van der Waals surface area contributed by atoms with E-state index in [2.05, 4.69) is 34.4 Å². The minimum Gasteiger partial charge on any atom is -0.339 e. The molecule has 1 saturated heterocycles. The molecule has 5 nitrogen and oxygen atoms in total. The van der Waals surface area contributed by atoms with E-state index in [1.54, 1.807) is 24.0 Å². The van der Waals surface area contributed by atoms with Gasteiger partial charge in [-0.25, -0.2) is 4.98 Å². The molecule has 1 aromatic carbocycles. The largest absolute Gasteiger partial charge is 0.339 e. The SMILES string of the molecule is C=C(c1cccnc1SCCC)N1CCN2C(=O)c3ccncc3C12c1ccc(Cl)cc1. The molecule has 32 heavy (non-hydrogen) atoms. The number of thioether (sulfide) groups is 1. The number of benzene rings is 1. The maximum atomic E-state index is 13.4. The van der Waals surface area contributed by atoms with Crippen molar-refractivity contribution in [1.29, 1.82) is 0 Å². The maximum absolute atomic E-state index is 13.4. The second-order valence-corrected chi connectivity index (χ2v) is 9.38. The fraction of sp³-hybridized carbons (Fsp3) is 0.240. The fourth-order valence-electron chi connectivity index (χ4n) is 4.76. The van der Waals surface area contributed by atoms with Crippen molar-refractivity contribution in [2.45, 2.75) is 24.0 Å². The quantitative estimate of drug-likeness (QED) is 0.467. The molecule has 0 radical (unpaired) electrons. The van der Waals surface area contributed by atoms with Crippen molar-refractivity contribution >= 4 is 35.0 Å². The zero-order valence-electron chi connectivity index (χ0n) is 17.8. The number of hydrogen-bond donors (Lipinski definition) is 0. The highest BCUT2D eigenvalue weighted by Crippen LogP contribution is 2.52. The Bertz CT molecular complexity index is 1200. The number of amides is 1. The number of halogens is 1. The van der Waals surface area contributed by atoms with Crippen molar-refractivity contribution in [3.05, 3.63) is 94.9 Å². The lowest BCUT2D eigenvalue weighted by Crippen LogP contribution is -2.48. The predicted molar refractivity (Wildman–Crippen MR) is 128 cm³/mol. The van der Waals surface area contributed by atoms with Crippen molar-refractivity contribution in [1.82, 2.24) is 19.8 Å². The summed E-state index contributed by atoms with van der Waals surface area (Å²) >= 11 is 7.95. The summed E-state index contributed by atoms with van der Waals surface area (Å²) < 4.78 is 0. The summed E-state index contributed by atoms with van der Waals surface area (Å²) in [6.45, 7) is 7.92. The van der Waals surface area contributed by atoms with Gasteiger partial charge in [-0.1, -0.05) is 37.2 Å². The van der Waals surface area contributed by atoms with Gasteiger partial charge in [-0.2, -0.15) is 0 Å². The van der Waals surface area contributed by atoms with Crippen LogP contribution in [0.5, 0.6) is 0 Å². The zero-order valence-corrected chi connectivity index (χ0v) is 19.4. The number of hydrogen-bond acceptors (Lipinski definition) is 5. The van der Waals surface area contributed by atoms with Crippen LogP contribution in [-0.4, -0.2) is 44.5 Å². The first-order valence-electron chi connectivity index (χ1n) is 10.7. The number of carbonyl (C=O) groups is 1. The van der Waals surface area contributed by atoms with E-state index in [4.69, 9.17) is 11.6 Å². The van der Waals surface area contributed by atoms with Gasteiger partial charge in [0.15, 0.2) is 5.66 Å². The highest BCUT2D eigenvalue weighted by molar-refractivity contribution is 7.99. The highest BCUT2D eigenvalue weighted by atomic mass is 35.5. The highest BCUT2D eigenvalue weighted by Gasteiger charge is 2.58. The minimum atomic E-state index is -0.815. The molecule has 3 aromatic rings. The number of fused-ring (bicyclic) bond motifs is 3. The average Bonchev–Trinajstić information content (AvgIpc) is 3.33. The van der Waals surface area contributed by atoms with Crippen molar-refractivity contribution in [2.75, 3.05) is 18.8 Å². The molecule has 0 bridgehead atoms. The van der Waals surface area contributed by atoms with Gasteiger partial charge in [-0.15, -0.1) is 11.8 Å². The van der Waals surface area contributed by atoms with Gasteiger partial charge in [0.25, 0.3) is 5.91 Å². The van der Waals surface area contributed by atoms with Crippen LogP contribution < -0.4 is 0 Å². The van der Waals surface area contributed by atoms with E-state index in [1.807, 2.05) is 47.6 Å². The molecular formula is C25H23ClN4OS. The molecule has 5 rings (SSSR count). The normalized spacial score (nSPS) is 19.2. The van der Waals surface area contributed by atoms with E-state index < -0.39 is 5.66 Å². The Balaban J connectivity index is 1.69. The molecule has 1 amide bonds. The van der Waals surface area contributed by atoms with Crippen molar-refractivity contribution in [2.24, 2.45) is 0 Å². The summed E-state index contributed by atoms with van der Waals surface area (Å²) in [4.78, 5) is 26.6. The Labute approximate surface area is 197 Å². The van der Waals surface area contributed by atoms with E-state index >= 15 is 0 Å². The lowest BCUT2D eigenvalue weighted by Gasteiger charge is -2.42. The predicted octanol–water partition coefficient (Wildman–Crippen LogP) is 5.28. The number of rotatable bonds is 6. The molecule has 0 aliphatic carbocycles. The third-order valence-corrected chi connectivity index (χ3v) is 7.56. The molecule has 162 valence electrons. The second-order valence-electron chi connectivity index (χ2n) is 7.86. The topological polar surface area (TPSA) is 49.3 Å². The number of nitrogens with zero attached hydrogens (tertiary/aromatic N) is 4. The molecule has 4 heterocycles. The van der Waals surface area contributed by atoms with Gasteiger partial charge < -0.3 is 9.80 Å². The van der Waals surface area contributed by atoms with Gasteiger partial charge in [-0.05, 0) is 42.5 Å².